The smallest absolute Gasteiger partial charge is 0.313 e. The number of aromatic nitrogens is 1. The molecule has 0 saturated heterocycles. The van der Waals surface area contributed by atoms with Crippen LogP contribution in [0.2, 0.25) is 0 Å². The number of methoxy groups -OCH3 is 1. The SMILES string of the molecule is COC(=O)C(C)(C)Cn1ccc2cc([N+](=O)[O-])ccc21. The van der Waals surface area contributed by atoms with E-state index in [1.807, 2.05) is 10.8 Å². The molecule has 0 aliphatic carbocycles. The number of ether oxygens (including phenoxy) is 1. The molecule has 0 N–H and O–H groups in total. The summed E-state index contributed by atoms with van der Waals surface area (Å²) in [6.07, 6.45) is 1.82. The molecule has 20 heavy (non-hydrogen) atoms. The van der Waals surface area contributed by atoms with Crippen molar-refractivity contribution in [3.8, 4) is 0 Å². The Balaban J connectivity index is 2.37. The number of rotatable bonds is 4. The van der Waals surface area contributed by atoms with Gasteiger partial charge in [-0.05, 0) is 26.0 Å². The molecule has 0 bridgehead atoms. The number of esters is 1. The van der Waals surface area contributed by atoms with Crippen molar-refractivity contribution in [1.29, 1.82) is 0 Å². The predicted molar refractivity (Wildman–Crippen MR) is 74.4 cm³/mol. The molecular weight excluding hydrogens is 260 g/mol. The van der Waals surface area contributed by atoms with Crippen LogP contribution in [0.5, 0.6) is 0 Å². The van der Waals surface area contributed by atoms with Gasteiger partial charge in [0.25, 0.3) is 5.69 Å². The topological polar surface area (TPSA) is 74.4 Å². The number of nitrogens with zero attached hydrogens (tertiary/aromatic N) is 2. The molecule has 2 aromatic rings. The van der Waals surface area contributed by atoms with Crippen molar-refractivity contribution in [2.75, 3.05) is 7.11 Å². The maximum absolute atomic E-state index is 11.7. The Hall–Kier alpha value is -2.37. The van der Waals surface area contributed by atoms with Crippen molar-refractivity contribution in [2.45, 2.75) is 20.4 Å². The van der Waals surface area contributed by atoms with E-state index >= 15 is 0 Å². The molecule has 6 nitrogen and oxygen atoms in total. The van der Waals surface area contributed by atoms with Gasteiger partial charge in [-0.2, -0.15) is 0 Å². The van der Waals surface area contributed by atoms with Crippen molar-refractivity contribution in [2.24, 2.45) is 5.41 Å². The Labute approximate surface area is 116 Å². The van der Waals surface area contributed by atoms with Crippen molar-refractivity contribution in [3.05, 3.63) is 40.6 Å². The van der Waals surface area contributed by atoms with E-state index < -0.39 is 10.3 Å². The highest BCUT2D eigenvalue weighted by molar-refractivity contribution is 5.83. The molecule has 0 radical (unpaired) electrons. The molecule has 1 heterocycles. The third-order valence-corrected chi connectivity index (χ3v) is 3.27. The lowest BCUT2D eigenvalue weighted by Crippen LogP contribution is -2.30. The number of carbonyl (C=O) groups excluding carboxylic acids is 1. The number of carbonyl (C=O) groups is 1. The Morgan fingerprint density at radius 1 is 1.40 bits per heavy atom. The van der Waals surface area contributed by atoms with Gasteiger partial charge in [-0.3, -0.25) is 14.9 Å². The Kier molecular flexibility index (Phi) is 3.48. The summed E-state index contributed by atoms with van der Waals surface area (Å²) in [6, 6.07) is 6.48. The predicted octanol–water partition coefficient (Wildman–Crippen LogP) is 2.75. The first-order valence-corrected chi connectivity index (χ1v) is 6.17. The fraction of sp³-hybridized carbons (Fsp3) is 0.357. The molecule has 0 atom stereocenters. The first-order chi connectivity index (χ1) is 9.35. The maximum atomic E-state index is 11.7. The fourth-order valence-corrected chi connectivity index (χ4v) is 2.21. The molecule has 106 valence electrons. The monoisotopic (exact) mass is 276 g/mol. The molecule has 2 rings (SSSR count). The number of hydrogen-bond donors (Lipinski definition) is 0. The molecule has 0 saturated carbocycles. The highest BCUT2D eigenvalue weighted by Gasteiger charge is 2.29. The summed E-state index contributed by atoms with van der Waals surface area (Å²) in [5, 5.41) is 11.5. The minimum Gasteiger partial charge on any atom is -0.469 e. The lowest BCUT2D eigenvalue weighted by Gasteiger charge is -2.22. The second kappa shape index (κ2) is 4.96. The van der Waals surface area contributed by atoms with E-state index in [1.54, 1.807) is 26.0 Å². The van der Waals surface area contributed by atoms with E-state index in [0.717, 1.165) is 10.9 Å². The molecule has 0 amide bonds. The number of nitro benzene ring substituents is 1. The lowest BCUT2D eigenvalue weighted by molar-refractivity contribution is -0.384. The van der Waals surface area contributed by atoms with Gasteiger partial charge in [-0.25, -0.2) is 0 Å². The Morgan fingerprint density at radius 3 is 2.70 bits per heavy atom. The van der Waals surface area contributed by atoms with E-state index in [0.29, 0.717) is 6.54 Å². The summed E-state index contributed by atoms with van der Waals surface area (Å²) in [5.41, 5.74) is 0.248. The molecule has 1 aromatic heterocycles. The van der Waals surface area contributed by atoms with Crippen LogP contribution < -0.4 is 0 Å². The lowest BCUT2D eigenvalue weighted by atomic mass is 9.93. The van der Waals surface area contributed by atoms with Gasteiger partial charge in [0.1, 0.15) is 0 Å². The normalized spacial score (nSPS) is 11.6. The molecule has 6 heteroatoms. The molecule has 0 aliphatic heterocycles. The minimum absolute atomic E-state index is 0.0579. The third-order valence-electron chi connectivity index (χ3n) is 3.27. The number of fused-ring (bicyclic) bond motifs is 1. The number of hydrogen-bond acceptors (Lipinski definition) is 4. The van der Waals surface area contributed by atoms with Gasteiger partial charge in [0.15, 0.2) is 0 Å². The van der Waals surface area contributed by atoms with Crippen LogP contribution in [0.3, 0.4) is 0 Å². The van der Waals surface area contributed by atoms with Crippen LogP contribution in [0.4, 0.5) is 5.69 Å². The summed E-state index contributed by atoms with van der Waals surface area (Å²) in [6.45, 7) is 4.05. The van der Waals surface area contributed by atoms with Crippen LogP contribution in [0.25, 0.3) is 10.9 Å². The maximum Gasteiger partial charge on any atom is 0.313 e. The number of nitro groups is 1. The Morgan fingerprint density at radius 2 is 2.10 bits per heavy atom. The van der Waals surface area contributed by atoms with Gasteiger partial charge in [-0.15, -0.1) is 0 Å². The van der Waals surface area contributed by atoms with Crippen LogP contribution in [-0.2, 0) is 16.1 Å². The zero-order chi connectivity index (χ0) is 14.9. The largest absolute Gasteiger partial charge is 0.469 e. The van der Waals surface area contributed by atoms with Crippen molar-refractivity contribution in [3.63, 3.8) is 0 Å². The highest BCUT2D eigenvalue weighted by Crippen LogP contribution is 2.26. The van der Waals surface area contributed by atoms with Crippen LogP contribution in [0.1, 0.15) is 13.8 Å². The van der Waals surface area contributed by atoms with Gasteiger partial charge in [0.2, 0.25) is 0 Å². The summed E-state index contributed by atoms with van der Waals surface area (Å²) in [5.74, 6) is -0.290. The first kappa shape index (κ1) is 14.0. The summed E-state index contributed by atoms with van der Waals surface area (Å²) >= 11 is 0. The first-order valence-electron chi connectivity index (χ1n) is 6.17. The molecular formula is C14H16N2O4. The van der Waals surface area contributed by atoms with Crippen LogP contribution >= 0.6 is 0 Å². The summed E-state index contributed by atoms with van der Waals surface area (Å²) in [4.78, 5) is 22.0. The molecule has 0 spiro atoms. The van der Waals surface area contributed by atoms with Gasteiger partial charge in [0.05, 0.1) is 17.4 Å². The molecule has 0 fully saturated rings. The average molecular weight is 276 g/mol. The van der Waals surface area contributed by atoms with E-state index in [2.05, 4.69) is 0 Å². The summed E-state index contributed by atoms with van der Waals surface area (Å²) < 4.78 is 6.68. The van der Waals surface area contributed by atoms with E-state index in [1.165, 1.54) is 19.2 Å². The van der Waals surface area contributed by atoms with Crippen molar-refractivity contribution >= 4 is 22.6 Å². The minimum atomic E-state index is -0.664. The standard InChI is InChI=1S/C14H16N2O4/c1-14(2,13(17)20-3)9-15-7-6-10-8-11(16(18)19)4-5-12(10)15/h4-8H,9H2,1-3H3. The zero-order valence-corrected chi connectivity index (χ0v) is 11.6. The van der Waals surface area contributed by atoms with Gasteiger partial charge in [0, 0.05) is 35.8 Å². The average Bonchev–Trinajstić information content (AvgIpc) is 2.79. The van der Waals surface area contributed by atoms with E-state index in [4.69, 9.17) is 4.74 Å². The van der Waals surface area contributed by atoms with Crippen molar-refractivity contribution in [1.82, 2.24) is 4.57 Å². The molecule has 0 aliphatic rings. The van der Waals surface area contributed by atoms with Gasteiger partial charge in [-0.1, -0.05) is 0 Å². The van der Waals surface area contributed by atoms with Gasteiger partial charge >= 0.3 is 5.97 Å². The second-order valence-electron chi connectivity index (χ2n) is 5.32. The second-order valence-corrected chi connectivity index (χ2v) is 5.32. The van der Waals surface area contributed by atoms with E-state index in [9.17, 15) is 14.9 Å². The van der Waals surface area contributed by atoms with E-state index in [-0.39, 0.29) is 11.7 Å². The molecule has 1 aromatic carbocycles. The molecule has 0 unspecified atom stereocenters. The fourth-order valence-electron chi connectivity index (χ4n) is 2.21. The number of benzene rings is 1. The zero-order valence-electron chi connectivity index (χ0n) is 11.6. The van der Waals surface area contributed by atoms with Crippen LogP contribution in [0.15, 0.2) is 30.5 Å². The van der Waals surface area contributed by atoms with Crippen LogP contribution in [0, 0.1) is 15.5 Å². The van der Waals surface area contributed by atoms with Gasteiger partial charge < -0.3 is 9.30 Å². The quantitative estimate of drug-likeness (QED) is 0.489. The summed E-state index contributed by atoms with van der Waals surface area (Å²) in [7, 11) is 1.36. The third kappa shape index (κ3) is 2.49. The highest BCUT2D eigenvalue weighted by atomic mass is 16.6. The Bertz CT molecular complexity index is 673. The van der Waals surface area contributed by atoms with Crippen LogP contribution in [-0.4, -0.2) is 22.6 Å². The number of non-ortho nitro benzene ring substituents is 1. The van der Waals surface area contributed by atoms with Crippen molar-refractivity contribution < 1.29 is 14.5 Å².